The van der Waals surface area contributed by atoms with Crippen LogP contribution in [0.4, 0.5) is 10.5 Å². The van der Waals surface area contributed by atoms with Gasteiger partial charge in [-0.1, -0.05) is 48.0 Å². The van der Waals surface area contributed by atoms with Gasteiger partial charge in [-0.3, -0.25) is 0 Å². The lowest BCUT2D eigenvalue weighted by Crippen LogP contribution is -2.40. The van der Waals surface area contributed by atoms with Gasteiger partial charge in [0.1, 0.15) is 11.5 Å². The second-order valence-electron chi connectivity index (χ2n) is 7.56. The van der Waals surface area contributed by atoms with Crippen molar-refractivity contribution in [3.05, 3.63) is 76.8 Å². The van der Waals surface area contributed by atoms with Crippen molar-refractivity contribution >= 4 is 23.3 Å². The number of nitrogens with one attached hydrogen (secondary N) is 2. The fourth-order valence-corrected chi connectivity index (χ4v) is 3.97. The summed E-state index contributed by atoms with van der Waals surface area (Å²) < 4.78 is 21.5. The molecule has 2 N–H and O–H groups in total. The fraction of sp³-hybridized carbons (Fsp3) is 0.240. The molecule has 0 aliphatic carbocycles. The Morgan fingerprint density at radius 2 is 1.67 bits per heavy atom. The molecule has 0 unspecified atom stereocenters. The average Bonchev–Trinajstić information content (AvgIpc) is 3.28. The highest BCUT2D eigenvalue weighted by Crippen LogP contribution is 2.36. The van der Waals surface area contributed by atoms with Gasteiger partial charge in [-0.25, -0.2) is 4.79 Å². The van der Waals surface area contributed by atoms with Gasteiger partial charge in [0.05, 0.1) is 24.9 Å². The molecule has 0 radical (unpaired) electrons. The lowest BCUT2D eigenvalue weighted by molar-refractivity contribution is 0.174. The standard InChI is InChI=1S/C25H25ClN2O5/c1-30-22-14-23(31-2)20(13-19(22)26)28-25(29)27-18(10-16-6-4-3-5-7-16)11-17-8-9-21-24(12-17)33-15-32-21/h3-9,12-14,18H,10-11,15H2,1-2H3,(H2,27,28,29)/t18-/m0/s1. The minimum absolute atomic E-state index is 0.174. The van der Waals surface area contributed by atoms with Crippen LogP contribution in [0.3, 0.4) is 0 Å². The summed E-state index contributed by atoms with van der Waals surface area (Å²) in [6.07, 6.45) is 1.27. The van der Waals surface area contributed by atoms with Gasteiger partial charge in [-0.15, -0.1) is 0 Å². The Morgan fingerprint density at radius 3 is 2.42 bits per heavy atom. The Balaban J connectivity index is 1.51. The van der Waals surface area contributed by atoms with Crippen LogP contribution in [0.2, 0.25) is 5.02 Å². The van der Waals surface area contributed by atoms with Crippen molar-refractivity contribution in [3.8, 4) is 23.0 Å². The van der Waals surface area contributed by atoms with E-state index in [2.05, 4.69) is 10.6 Å². The van der Waals surface area contributed by atoms with Crippen LogP contribution in [-0.4, -0.2) is 33.1 Å². The van der Waals surface area contributed by atoms with E-state index in [1.165, 1.54) is 14.2 Å². The first-order valence-corrected chi connectivity index (χ1v) is 10.8. The highest BCUT2D eigenvalue weighted by molar-refractivity contribution is 6.32. The smallest absolute Gasteiger partial charge is 0.319 e. The van der Waals surface area contributed by atoms with Crippen LogP contribution in [0.15, 0.2) is 60.7 Å². The first-order valence-electron chi connectivity index (χ1n) is 10.5. The van der Waals surface area contributed by atoms with Crippen LogP contribution in [-0.2, 0) is 12.8 Å². The Labute approximate surface area is 197 Å². The largest absolute Gasteiger partial charge is 0.495 e. The minimum Gasteiger partial charge on any atom is -0.495 e. The summed E-state index contributed by atoms with van der Waals surface area (Å²) in [5.74, 6) is 2.35. The molecule has 0 aromatic heterocycles. The molecule has 1 aliphatic rings. The van der Waals surface area contributed by atoms with Gasteiger partial charge in [-0.2, -0.15) is 0 Å². The van der Waals surface area contributed by atoms with Crippen molar-refractivity contribution in [2.45, 2.75) is 18.9 Å². The SMILES string of the molecule is COc1cc(OC)c(NC(=O)N[C@@H](Cc2ccccc2)Cc2ccc3c(c2)OCO3)cc1Cl. The zero-order valence-corrected chi connectivity index (χ0v) is 19.1. The summed E-state index contributed by atoms with van der Waals surface area (Å²) in [6.45, 7) is 0.221. The molecule has 0 saturated heterocycles. The van der Waals surface area contributed by atoms with Crippen LogP contribution >= 0.6 is 11.6 Å². The minimum atomic E-state index is -0.365. The zero-order chi connectivity index (χ0) is 23.2. The van der Waals surface area contributed by atoms with E-state index in [1.807, 2.05) is 48.5 Å². The molecule has 0 bridgehead atoms. The summed E-state index contributed by atoms with van der Waals surface area (Å²) in [5.41, 5.74) is 2.60. The fourth-order valence-electron chi connectivity index (χ4n) is 3.73. The summed E-state index contributed by atoms with van der Waals surface area (Å²) in [4.78, 5) is 12.9. The number of hydrogen-bond donors (Lipinski definition) is 2. The molecular formula is C25H25ClN2O5. The van der Waals surface area contributed by atoms with Crippen molar-refractivity contribution in [2.75, 3.05) is 26.3 Å². The van der Waals surface area contributed by atoms with Crippen molar-refractivity contribution < 1.29 is 23.7 Å². The molecule has 1 atom stereocenters. The number of hydrogen-bond acceptors (Lipinski definition) is 5. The number of benzene rings is 3. The van der Waals surface area contributed by atoms with Gasteiger partial charge in [0.2, 0.25) is 6.79 Å². The van der Waals surface area contributed by atoms with E-state index in [0.29, 0.717) is 40.8 Å². The number of methoxy groups -OCH3 is 2. The van der Waals surface area contributed by atoms with Crippen LogP contribution < -0.4 is 29.6 Å². The molecule has 0 saturated carbocycles. The topological polar surface area (TPSA) is 78.1 Å². The molecule has 4 rings (SSSR count). The molecular weight excluding hydrogens is 444 g/mol. The molecule has 7 nitrogen and oxygen atoms in total. The number of rotatable bonds is 8. The molecule has 3 aromatic rings. The van der Waals surface area contributed by atoms with Gasteiger partial charge < -0.3 is 29.6 Å². The van der Waals surface area contributed by atoms with Crippen LogP contribution in [0.5, 0.6) is 23.0 Å². The molecule has 3 aromatic carbocycles. The Kier molecular flexibility index (Phi) is 7.10. The van der Waals surface area contributed by atoms with Gasteiger partial charge in [-0.05, 0) is 42.2 Å². The third-order valence-electron chi connectivity index (χ3n) is 5.30. The quantitative estimate of drug-likeness (QED) is 0.483. The molecule has 0 spiro atoms. The molecule has 1 aliphatic heterocycles. The van der Waals surface area contributed by atoms with E-state index in [1.54, 1.807) is 12.1 Å². The molecule has 1 heterocycles. The maximum absolute atomic E-state index is 12.9. The molecule has 172 valence electrons. The number of amides is 2. The van der Waals surface area contributed by atoms with Crippen molar-refractivity contribution in [2.24, 2.45) is 0 Å². The number of carbonyl (C=O) groups is 1. The first kappa shape index (κ1) is 22.6. The molecule has 2 amide bonds. The number of carbonyl (C=O) groups excluding carboxylic acids is 1. The summed E-state index contributed by atoms with van der Waals surface area (Å²) in [5, 5.41) is 6.29. The predicted octanol–water partition coefficient (Wildman–Crippen LogP) is 5.06. The third-order valence-corrected chi connectivity index (χ3v) is 5.60. The van der Waals surface area contributed by atoms with E-state index >= 15 is 0 Å². The van der Waals surface area contributed by atoms with Crippen molar-refractivity contribution in [1.29, 1.82) is 0 Å². The van der Waals surface area contributed by atoms with Crippen LogP contribution in [0.25, 0.3) is 0 Å². The zero-order valence-electron chi connectivity index (χ0n) is 18.4. The Hall–Kier alpha value is -3.58. The Bertz CT molecular complexity index is 1120. The van der Waals surface area contributed by atoms with Crippen molar-refractivity contribution in [1.82, 2.24) is 5.32 Å². The number of halogens is 1. The summed E-state index contributed by atoms with van der Waals surface area (Å²) in [6, 6.07) is 18.5. The third kappa shape index (κ3) is 5.62. The maximum atomic E-state index is 12.9. The normalized spacial score (nSPS) is 12.7. The maximum Gasteiger partial charge on any atom is 0.319 e. The first-order chi connectivity index (χ1) is 16.1. The predicted molar refractivity (Wildman–Crippen MR) is 127 cm³/mol. The number of ether oxygens (including phenoxy) is 4. The second-order valence-corrected chi connectivity index (χ2v) is 7.97. The number of anilines is 1. The van der Waals surface area contributed by atoms with E-state index in [0.717, 1.165) is 16.9 Å². The molecule has 33 heavy (non-hydrogen) atoms. The van der Waals surface area contributed by atoms with Crippen molar-refractivity contribution in [3.63, 3.8) is 0 Å². The van der Waals surface area contributed by atoms with Gasteiger partial charge in [0.15, 0.2) is 11.5 Å². The van der Waals surface area contributed by atoms with E-state index in [4.69, 9.17) is 30.5 Å². The summed E-state index contributed by atoms with van der Waals surface area (Å²) >= 11 is 6.23. The lowest BCUT2D eigenvalue weighted by Gasteiger charge is -2.21. The summed E-state index contributed by atoms with van der Waals surface area (Å²) in [7, 11) is 3.04. The van der Waals surface area contributed by atoms with Crippen LogP contribution in [0.1, 0.15) is 11.1 Å². The average molecular weight is 469 g/mol. The number of urea groups is 1. The van der Waals surface area contributed by atoms with Gasteiger partial charge in [0.25, 0.3) is 0 Å². The lowest BCUT2D eigenvalue weighted by atomic mass is 9.98. The monoisotopic (exact) mass is 468 g/mol. The second kappa shape index (κ2) is 10.4. The van der Waals surface area contributed by atoms with E-state index in [-0.39, 0.29) is 18.9 Å². The van der Waals surface area contributed by atoms with E-state index < -0.39 is 0 Å². The highest BCUT2D eigenvalue weighted by Gasteiger charge is 2.19. The van der Waals surface area contributed by atoms with Gasteiger partial charge >= 0.3 is 6.03 Å². The van der Waals surface area contributed by atoms with E-state index in [9.17, 15) is 4.79 Å². The molecule has 8 heteroatoms. The highest BCUT2D eigenvalue weighted by atomic mass is 35.5. The number of fused-ring (bicyclic) bond motifs is 1. The van der Waals surface area contributed by atoms with Crippen LogP contribution in [0, 0.1) is 0 Å². The van der Waals surface area contributed by atoms with Gasteiger partial charge in [0, 0.05) is 12.1 Å². The Morgan fingerprint density at radius 1 is 0.939 bits per heavy atom. The molecule has 0 fully saturated rings.